The monoisotopic (exact) mass is 409 g/mol. The van der Waals surface area contributed by atoms with E-state index in [-0.39, 0.29) is 24.4 Å². The van der Waals surface area contributed by atoms with Crippen LogP contribution in [0.3, 0.4) is 0 Å². The van der Waals surface area contributed by atoms with Crippen LogP contribution >= 0.6 is 0 Å². The summed E-state index contributed by atoms with van der Waals surface area (Å²) in [6.45, 7) is 5.07. The van der Waals surface area contributed by atoms with Gasteiger partial charge in [0.2, 0.25) is 11.8 Å². The molecule has 0 spiro atoms. The first-order valence-electron chi connectivity index (χ1n) is 9.96. The summed E-state index contributed by atoms with van der Waals surface area (Å²) in [5.41, 5.74) is 2.51. The molecule has 0 aliphatic carbocycles. The van der Waals surface area contributed by atoms with Gasteiger partial charge in [-0.15, -0.1) is 0 Å². The molecule has 2 aromatic rings. The van der Waals surface area contributed by atoms with Gasteiger partial charge in [0.1, 0.15) is 0 Å². The Bertz CT molecular complexity index is 862. The maximum atomic E-state index is 12.3. The first-order valence-corrected chi connectivity index (χ1v) is 9.96. The van der Waals surface area contributed by atoms with Crippen LogP contribution in [0.25, 0.3) is 0 Å². The zero-order valence-electron chi connectivity index (χ0n) is 17.1. The van der Waals surface area contributed by atoms with Crippen molar-refractivity contribution in [3.05, 3.63) is 60.2 Å². The summed E-state index contributed by atoms with van der Waals surface area (Å²) in [7, 11) is 0. The summed E-state index contributed by atoms with van der Waals surface area (Å²) in [4.78, 5) is 39.5. The van der Waals surface area contributed by atoms with E-state index in [2.05, 4.69) is 33.0 Å². The topological polar surface area (TPSA) is 93.8 Å². The Morgan fingerprint density at radius 1 is 0.833 bits per heavy atom. The lowest BCUT2D eigenvalue weighted by molar-refractivity contribution is -0.115. The largest absolute Gasteiger partial charge is 0.329 e. The average molecular weight is 409 g/mol. The highest BCUT2D eigenvalue weighted by molar-refractivity contribution is 5.95. The van der Waals surface area contributed by atoms with Gasteiger partial charge in [-0.25, -0.2) is 4.79 Å². The lowest BCUT2D eigenvalue weighted by Crippen LogP contribution is -2.52. The molecule has 0 atom stereocenters. The normalized spacial score (nSPS) is 14.1. The summed E-state index contributed by atoms with van der Waals surface area (Å²) in [6.07, 6.45) is 0. The zero-order valence-corrected chi connectivity index (χ0v) is 17.1. The first kappa shape index (κ1) is 21.3. The highest BCUT2D eigenvalue weighted by Crippen LogP contribution is 2.13. The van der Waals surface area contributed by atoms with E-state index in [9.17, 15) is 14.4 Å². The molecule has 3 rings (SSSR count). The molecule has 30 heavy (non-hydrogen) atoms. The number of hydrogen-bond acceptors (Lipinski definition) is 4. The van der Waals surface area contributed by atoms with Crippen LogP contribution in [0, 0.1) is 0 Å². The molecule has 1 saturated heterocycles. The second-order valence-corrected chi connectivity index (χ2v) is 7.21. The fourth-order valence-corrected chi connectivity index (χ4v) is 3.26. The average Bonchev–Trinajstić information content (AvgIpc) is 2.74. The van der Waals surface area contributed by atoms with Gasteiger partial charge in [-0.2, -0.15) is 0 Å². The molecule has 8 heteroatoms. The van der Waals surface area contributed by atoms with Gasteiger partial charge >= 0.3 is 6.03 Å². The van der Waals surface area contributed by atoms with Crippen LogP contribution in [0.15, 0.2) is 54.6 Å². The number of carbonyl (C=O) groups excluding carboxylic acids is 3. The van der Waals surface area contributed by atoms with Gasteiger partial charge in [0, 0.05) is 51.0 Å². The Hall–Kier alpha value is -3.39. The van der Waals surface area contributed by atoms with Crippen LogP contribution in [-0.4, -0.2) is 60.4 Å². The summed E-state index contributed by atoms with van der Waals surface area (Å²) < 4.78 is 0. The highest BCUT2D eigenvalue weighted by atomic mass is 16.2. The standard InChI is InChI=1S/C22H27N5O3/c1-17(28)24-19-7-9-20(10-8-19)25-21(29)15-23-22(30)27-13-11-26(12-14-27)16-18-5-3-2-4-6-18/h2-10H,11-16H2,1H3,(H,23,30)(H,24,28)(H,25,29). The zero-order chi connectivity index (χ0) is 21.3. The van der Waals surface area contributed by atoms with E-state index in [1.807, 2.05) is 18.2 Å². The number of nitrogens with one attached hydrogen (secondary N) is 3. The number of rotatable bonds is 6. The van der Waals surface area contributed by atoms with Gasteiger partial charge in [0.05, 0.1) is 6.54 Å². The maximum absolute atomic E-state index is 12.3. The molecule has 1 fully saturated rings. The maximum Gasteiger partial charge on any atom is 0.317 e. The van der Waals surface area contributed by atoms with Crippen LogP contribution in [0.5, 0.6) is 0 Å². The minimum Gasteiger partial charge on any atom is -0.329 e. The molecule has 0 saturated carbocycles. The van der Waals surface area contributed by atoms with Crippen LogP contribution in [0.1, 0.15) is 12.5 Å². The molecule has 0 unspecified atom stereocenters. The Morgan fingerprint density at radius 3 is 2.03 bits per heavy atom. The van der Waals surface area contributed by atoms with Crippen molar-refractivity contribution in [2.75, 3.05) is 43.4 Å². The molecule has 0 aromatic heterocycles. The second-order valence-electron chi connectivity index (χ2n) is 7.21. The minimum atomic E-state index is -0.307. The lowest BCUT2D eigenvalue weighted by Gasteiger charge is -2.34. The van der Waals surface area contributed by atoms with E-state index in [0.717, 1.165) is 19.6 Å². The smallest absolute Gasteiger partial charge is 0.317 e. The van der Waals surface area contributed by atoms with E-state index in [1.165, 1.54) is 12.5 Å². The van der Waals surface area contributed by atoms with Crippen molar-refractivity contribution in [3.8, 4) is 0 Å². The van der Waals surface area contributed by atoms with Crippen LogP contribution < -0.4 is 16.0 Å². The summed E-state index contributed by atoms with van der Waals surface area (Å²) in [6, 6.07) is 16.8. The number of urea groups is 1. The molecule has 0 radical (unpaired) electrons. The molecule has 158 valence electrons. The van der Waals surface area contributed by atoms with E-state index >= 15 is 0 Å². The van der Waals surface area contributed by atoms with Crippen molar-refractivity contribution in [3.63, 3.8) is 0 Å². The lowest BCUT2D eigenvalue weighted by atomic mass is 10.2. The van der Waals surface area contributed by atoms with Gasteiger partial charge in [0.15, 0.2) is 0 Å². The van der Waals surface area contributed by atoms with Crippen molar-refractivity contribution >= 4 is 29.2 Å². The fourth-order valence-electron chi connectivity index (χ4n) is 3.26. The number of nitrogens with zero attached hydrogens (tertiary/aromatic N) is 2. The van der Waals surface area contributed by atoms with Gasteiger partial charge in [0.25, 0.3) is 0 Å². The molecule has 0 bridgehead atoms. The molecule has 8 nitrogen and oxygen atoms in total. The van der Waals surface area contributed by atoms with Crippen LogP contribution in [0.4, 0.5) is 16.2 Å². The highest BCUT2D eigenvalue weighted by Gasteiger charge is 2.21. The number of anilines is 2. The van der Waals surface area contributed by atoms with Gasteiger partial charge in [-0.1, -0.05) is 30.3 Å². The van der Waals surface area contributed by atoms with Crippen molar-refractivity contribution in [1.29, 1.82) is 0 Å². The predicted molar refractivity (Wildman–Crippen MR) is 116 cm³/mol. The number of hydrogen-bond donors (Lipinski definition) is 3. The third-order valence-corrected chi connectivity index (χ3v) is 4.80. The van der Waals surface area contributed by atoms with Gasteiger partial charge in [-0.3, -0.25) is 14.5 Å². The Labute approximate surface area is 176 Å². The van der Waals surface area contributed by atoms with Crippen LogP contribution in [0.2, 0.25) is 0 Å². The molecule has 1 heterocycles. The third-order valence-electron chi connectivity index (χ3n) is 4.80. The van der Waals surface area contributed by atoms with Crippen molar-refractivity contribution in [2.45, 2.75) is 13.5 Å². The fraction of sp³-hybridized carbons (Fsp3) is 0.318. The molecule has 1 aliphatic heterocycles. The van der Waals surface area contributed by atoms with Crippen molar-refractivity contribution < 1.29 is 14.4 Å². The number of amides is 4. The van der Waals surface area contributed by atoms with E-state index in [0.29, 0.717) is 24.5 Å². The minimum absolute atomic E-state index is 0.101. The Balaban J connectivity index is 1.37. The summed E-state index contributed by atoms with van der Waals surface area (Å²) >= 11 is 0. The van der Waals surface area contributed by atoms with Crippen molar-refractivity contribution in [1.82, 2.24) is 15.1 Å². The molecule has 2 aromatic carbocycles. The molecule has 3 N–H and O–H groups in total. The van der Waals surface area contributed by atoms with Crippen molar-refractivity contribution in [2.24, 2.45) is 0 Å². The molecule has 1 aliphatic rings. The Morgan fingerprint density at radius 2 is 1.43 bits per heavy atom. The molecule has 4 amide bonds. The molecular formula is C22H27N5O3. The van der Waals surface area contributed by atoms with E-state index < -0.39 is 0 Å². The number of benzene rings is 2. The summed E-state index contributed by atoms with van der Waals surface area (Å²) in [5, 5.41) is 8.06. The predicted octanol–water partition coefficient (Wildman–Crippen LogP) is 2.11. The summed E-state index contributed by atoms with van der Waals surface area (Å²) in [5.74, 6) is -0.464. The van der Waals surface area contributed by atoms with E-state index in [4.69, 9.17) is 0 Å². The van der Waals surface area contributed by atoms with Crippen LogP contribution in [-0.2, 0) is 16.1 Å². The van der Waals surface area contributed by atoms with E-state index in [1.54, 1.807) is 29.2 Å². The van der Waals surface area contributed by atoms with Gasteiger partial charge < -0.3 is 20.9 Å². The number of carbonyl (C=O) groups is 3. The SMILES string of the molecule is CC(=O)Nc1ccc(NC(=O)CNC(=O)N2CCN(Cc3ccccc3)CC2)cc1. The number of piperazine rings is 1. The second kappa shape index (κ2) is 10.4. The quantitative estimate of drug-likeness (QED) is 0.681. The van der Waals surface area contributed by atoms with Gasteiger partial charge in [-0.05, 0) is 29.8 Å². The third kappa shape index (κ3) is 6.59. The first-order chi connectivity index (χ1) is 14.5. The Kier molecular flexibility index (Phi) is 7.40. The molecular weight excluding hydrogens is 382 g/mol.